The van der Waals surface area contributed by atoms with Crippen LogP contribution in [0.15, 0.2) is 36.4 Å². The molecular formula is C20H20N2O. The summed E-state index contributed by atoms with van der Waals surface area (Å²) >= 11 is 0. The summed E-state index contributed by atoms with van der Waals surface area (Å²) in [5, 5.41) is 0.958. The summed E-state index contributed by atoms with van der Waals surface area (Å²) in [6, 6.07) is 12.0. The van der Waals surface area contributed by atoms with E-state index in [-0.39, 0.29) is 11.2 Å². The molecule has 0 saturated heterocycles. The second-order valence-electron chi connectivity index (χ2n) is 6.87. The molecule has 2 aromatic carbocycles. The monoisotopic (exact) mass is 304 g/mol. The van der Waals surface area contributed by atoms with Gasteiger partial charge in [-0.15, -0.1) is 0 Å². The van der Waals surface area contributed by atoms with E-state index in [1.54, 1.807) is 0 Å². The van der Waals surface area contributed by atoms with Gasteiger partial charge in [-0.25, -0.2) is 0 Å². The predicted octanol–water partition coefficient (Wildman–Crippen LogP) is 4.18. The summed E-state index contributed by atoms with van der Waals surface area (Å²) in [6.07, 6.45) is 0.929. The van der Waals surface area contributed by atoms with Gasteiger partial charge in [-0.3, -0.25) is 4.79 Å². The van der Waals surface area contributed by atoms with E-state index >= 15 is 0 Å². The van der Waals surface area contributed by atoms with Gasteiger partial charge in [0.15, 0.2) is 5.78 Å². The average molecular weight is 304 g/mol. The Hall–Kier alpha value is -2.55. The Morgan fingerprint density at radius 2 is 1.91 bits per heavy atom. The number of hydrogen-bond donors (Lipinski definition) is 2. The molecule has 3 nitrogen and oxygen atoms in total. The molecule has 1 heterocycles. The molecule has 1 aliphatic rings. The number of nitrogens with one attached hydrogen (secondary N) is 1. The maximum Gasteiger partial charge on any atom is 0.195 e. The van der Waals surface area contributed by atoms with Crippen LogP contribution in [-0.4, -0.2) is 10.8 Å². The highest BCUT2D eigenvalue weighted by Crippen LogP contribution is 2.43. The minimum atomic E-state index is -0.237. The number of aromatic amines is 1. The molecule has 1 aliphatic carbocycles. The molecule has 23 heavy (non-hydrogen) atoms. The smallest absolute Gasteiger partial charge is 0.195 e. The van der Waals surface area contributed by atoms with Gasteiger partial charge in [-0.2, -0.15) is 0 Å². The quantitative estimate of drug-likeness (QED) is 0.662. The van der Waals surface area contributed by atoms with Gasteiger partial charge in [0.2, 0.25) is 0 Å². The van der Waals surface area contributed by atoms with Crippen molar-refractivity contribution in [3.8, 4) is 0 Å². The number of nitrogen functional groups attached to an aromatic ring is 1. The first-order chi connectivity index (χ1) is 10.9. The molecule has 0 unspecified atom stereocenters. The van der Waals surface area contributed by atoms with Crippen LogP contribution in [0.25, 0.3) is 10.9 Å². The van der Waals surface area contributed by atoms with E-state index in [1.165, 1.54) is 5.56 Å². The average Bonchev–Trinajstić information content (AvgIpc) is 2.92. The summed E-state index contributed by atoms with van der Waals surface area (Å²) in [4.78, 5) is 16.6. The summed E-state index contributed by atoms with van der Waals surface area (Å²) in [5.74, 6) is 0.112. The van der Waals surface area contributed by atoms with Gasteiger partial charge in [0, 0.05) is 33.3 Å². The lowest BCUT2D eigenvalue weighted by Crippen LogP contribution is -2.30. The third-order valence-electron chi connectivity index (χ3n) is 5.08. The molecule has 0 saturated carbocycles. The van der Waals surface area contributed by atoms with Crippen molar-refractivity contribution in [2.24, 2.45) is 0 Å². The van der Waals surface area contributed by atoms with E-state index in [9.17, 15) is 4.79 Å². The molecule has 0 atom stereocenters. The van der Waals surface area contributed by atoms with Gasteiger partial charge in [-0.05, 0) is 35.7 Å². The third-order valence-corrected chi connectivity index (χ3v) is 5.08. The third kappa shape index (κ3) is 1.79. The number of anilines is 1. The Morgan fingerprint density at radius 3 is 2.65 bits per heavy atom. The Morgan fingerprint density at radius 1 is 1.13 bits per heavy atom. The van der Waals surface area contributed by atoms with Gasteiger partial charge in [0.1, 0.15) is 0 Å². The van der Waals surface area contributed by atoms with Gasteiger partial charge < -0.3 is 10.7 Å². The molecule has 0 aliphatic heterocycles. The number of nitrogens with two attached hydrogens (primary N) is 1. The summed E-state index contributed by atoms with van der Waals surface area (Å²) < 4.78 is 0. The Bertz CT molecular complexity index is 963. The van der Waals surface area contributed by atoms with E-state index in [4.69, 9.17) is 5.73 Å². The number of aryl methyl sites for hydroxylation is 1. The van der Waals surface area contributed by atoms with Gasteiger partial charge in [-0.1, -0.05) is 39.0 Å². The number of carbonyl (C=O) groups excluding carboxylic acids is 1. The minimum Gasteiger partial charge on any atom is -0.399 e. The number of benzene rings is 2. The van der Waals surface area contributed by atoms with Crippen molar-refractivity contribution in [3.63, 3.8) is 0 Å². The lowest BCUT2D eigenvalue weighted by molar-refractivity contribution is 0.103. The molecular weight excluding hydrogens is 284 g/mol. The number of fused-ring (bicyclic) bond motifs is 4. The molecule has 3 N–H and O–H groups in total. The van der Waals surface area contributed by atoms with Crippen LogP contribution in [0.2, 0.25) is 0 Å². The topological polar surface area (TPSA) is 58.9 Å². The molecule has 116 valence electrons. The highest BCUT2D eigenvalue weighted by Gasteiger charge is 2.39. The number of hydrogen-bond acceptors (Lipinski definition) is 2. The number of ketones is 1. The molecule has 0 amide bonds. The lowest BCUT2D eigenvalue weighted by atomic mass is 9.71. The summed E-state index contributed by atoms with van der Waals surface area (Å²) in [5.41, 5.74) is 12.2. The second-order valence-corrected chi connectivity index (χ2v) is 6.87. The number of rotatable bonds is 1. The highest BCUT2D eigenvalue weighted by molar-refractivity contribution is 6.20. The van der Waals surface area contributed by atoms with E-state index in [0.29, 0.717) is 5.69 Å². The van der Waals surface area contributed by atoms with Gasteiger partial charge in [0.25, 0.3) is 0 Å². The largest absolute Gasteiger partial charge is 0.399 e. The van der Waals surface area contributed by atoms with Crippen molar-refractivity contribution >= 4 is 22.4 Å². The Labute approximate surface area is 135 Å². The number of H-pyrrole nitrogens is 1. The Kier molecular flexibility index (Phi) is 2.74. The zero-order valence-corrected chi connectivity index (χ0v) is 13.7. The molecule has 3 aromatic rings. The van der Waals surface area contributed by atoms with E-state index < -0.39 is 0 Å². The fourth-order valence-electron chi connectivity index (χ4n) is 3.73. The standard InChI is InChI=1S/C20H20N2O/c1-4-11-5-8-15-14(9-11)18(23)17-13-7-6-12(21)10-16(13)22-19(17)20(15,2)3/h5-10,22H,4,21H2,1-3H3. The van der Waals surface area contributed by atoms with Crippen LogP contribution in [0.3, 0.4) is 0 Å². The van der Waals surface area contributed by atoms with Gasteiger partial charge in [0.05, 0.1) is 5.56 Å². The predicted molar refractivity (Wildman–Crippen MR) is 94.1 cm³/mol. The summed E-state index contributed by atoms with van der Waals surface area (Å²) in [6.45, 7) is 6.45. The minimum absolute atomic E-state index is 0.112. The van der Waals surface area contributed by atoms with Crippen molar-refractivity contribution in [2.45, 2.75) is 32.6 Å². The van der Waals surface area contributed by atoms with Gasteiger partial charge >= 0.3 is 0 Å². The van der Waals surface area contributed by atoms with Crippen molar-refractivity contribution in [2.75, 3.05) is 5.73 Å². The normalized spacial score (nSPS) is 15.5. The Balaban J connectivity index is 2.07. The first kappa shape index (κ1) is 14.1. The number of carbonyl (C=O) groups is 1. The molecule has 1 aromatic heterocycles. The first-order valence-corrected chi connectivity index (χ1v) is 8.03. The molecule has 0 fully saturated rings. The fraction of sp³-hybridized carbons (Fsp3) is 0.250. The van der Waals surface area contributed by atoms with Crippen LogP contribution in [-0.2, 0) is 11.8 Å². The highest BCUT2D eigenvalue weighted by atomic mass is 16.1. The van der Waals surface area contributed by atoms with Crippen LogP contribution in [0.4, 0.5) is 5.69 Å². The van der Waals surface area contributed by atoms with Crippen LogP contribution in [0.5, 0.6) is 0 Å². The van der Waals surface area contributed by atoms with Crippen molar-refractivity contribution < 1.29 is 4.79 Å². The van der Waals surface area contributed by atoms with Crippen molar-refractivity contribution in [1.82, 2.24) is 4.98 Å². The molecule has 0 spiro atoms. The maximum absolute atomic E-state index is 13.2. The first-order valence-electron chi connectivity index (χ1n) is 8.03. The van der Waals surface area contributed by atoms with E-state index in [0.717, 1.165) is 39.7 Å². The van der Waals surface area contributed by atoms with Crippen molar-refractivity contribution in [3.05, 3.63) is 64.3 Å². The zero-order chi connectivity index (χ0) is 16.4. The second kappa shape index (κ2) is 4.48. The molecule has 0 bridgehead atoms. The van der Waals surface area contributed by atoms with Crippen LogP contribution in [0.1, 0.15) is 53.5 Å². The van der Waals surface area contributed by atoms with Crippen molar-refractivity contribution in [1.29, 1.82) is 0 Å². The zero-order valence-electron chi connectivity index (χ0n) is 13.7. The maximum atomic E-state index is 13.2. The lowest BCUT2D eigenvalue weighted by Gasteiger charge is -2.32. The number of aromatic nitrogens is 1. The molecule has 4 rings (SSSR count). The SMILES string of the molecule is CCc1ccc2c(c1)C(=O)c1c([nH]c3cc(N)ccc13)C2(C)C. The van der Waals surface area contributed by atoms with E-state index in [2.05, 4.69) is 44.0 Å². The van der Waals surface area contributed by atoms with Crippen LogP contribution >= 0.6 is 0 Å². The van der Waals surface area contributed by atoms with Crippen LogP contribution in [0, 0.1) is 0 Å². The van der Waals surface area contributed by atoms with Crippen LogP contribution < -0.4 is 5.73 Å². The fourth-order valence-corrected chi connectivity index (χ4v) is 3.73. The van der Waals surface area contributed by atoms with E-state index in [1.807, 2.05) is 18.2 Å². The summed E-state index contributed by atoms with van der Waals surface area (Å²) in [7, 11) is 0. The molecule has 0 radical (unpaired) electrons. The molecule has 3 heteroatoms.